The van der Waals surface area contributed by atoms with Gasteiger partial charge in [0.2, 0.25) is 10.0 Å². The van der Waals surface area contributed by atoms with Crippen LogP contribution in [0.1, 0.15) is 13.8 Å². The van der Waals surface area contributed by atoms with Crippen LogP contribution in [0.5, 0.6) is 0 Å². The second-order valence-corrected chi connectivity index (χ2v) is 7.98. The zero-order chi connectivity index (χ0) is 15.5. The van der Waals surface area contributed by atoms with Crippen molar-refractivity contribution >= 4 is 10.0 Å². The van der Waals surface area contributed by atoms with Gasteiger partial charge in [-0.2, -0.15) is 4.31 Å². The lowest BCUT2D eigenvalue weighted by molar-refractivity contribution is 0.132. The highest BCUT2D eigenvalue weighted by molar-refractivity contribution is 7.88. The van der Waals surface area contributed by atoms with Crippen LogP contribution in [0.2, 0.25) is 0 Å². The summed E-state index contributed by atoms with van der Waals surface area (Å²) in [5.74, 6) is 2.04. The Morgan fingerprint density at radius 3 is 2.43 bits per heavy atom. The fourth-order valence-corrected chi connectivity index (χ4v) is 3.39. The Morgan fingerprint density at radius 1 is 1.19 bits per heavy atom. The maximum absolute atomic E-state index is 11.4. The van der Waals surface area contributed by atoms with Gasteiger partial charge in [0.25, 0.3) is 0 Å². The summed E-state index contributed by atoms with van der Waals surface area (Å²) in [5, 5.41) is 0. The minimum absolute atomic E-state index is 0.517. The Balaban J connectivity index is 1.69. The topological polar surface area (TPSA) is 49.9 Å². The third-order valence-corrected chi connectivity index (χ3v) is 5.60. The number of hydrogen-bond acceptors (Lipinski definition) is 4. The average Bonchev–Trinajstić information content (AvgIpc) is 2.42. The Labute approximate surface area is 128 Å². The molecule has 2 atom stereocenters. The maximum Gasteiger partial charge on any atom is 0.211 e. The fraction of sp³-hybridized carbons (Fsp3) is 0.733. The third kappa shape index (κ3) is 4.83. The smallest absolute Gasteiger partial charge is 0.211 e. The van der Waals surface area contributed by atoms with Gasteiger partial charge in [-0.3, -0.25) is 4.90 Å². The monoisotopic (exact) mass is 314 g/mol. The molecule has 0 radical (unpaired) electrons. The molecule has 2 aliphatic rings. The van der Waals surface area contributed by atoms with Crippen LogP contribution in [-0.2, 0) is 14.8 Å². The molecule has 2 rings (SSSR count). The zero-order valence-electron chi connectivity index (χ0n) is 13.2. The highest BCUT2D eigenvalue weighted by Gasteiger charge is 2.23. The lowest BCUT2D eigenvalue weighted by Crippen LogP contribution is -2.49. The maximum atomic E-state index is 11.4. The SMILES string of the molecule is CC1C=C(OCCN2CCN(S(C)(=O)=O)CC2)C=C[C@@H]1C. The predicted molar refractivity (Wildman–Crippen MR) is 84.4 cm³/mol. The fourth-order valence-electron chi connectivity index (χ4n) is 2.56. The van der Waals surface area contributed by atoms with Crippen molar-refractivity contribution in [3.63, 3.8) is 0 Å². The standard InChI is InChI=1S/C15H26N2O3S/c1-13-4-5-15(12-14(13)2)20-11-10-16-6-8-17(9-7-16)21(3,18)19/h4-5,12-14H,6-11H2,1-3H3/t13-,14?/m0/s1. The van der Waals surface area contributed by atoms with E-state index in [4.69, 9.17) is 4.74 Å². The van der Waals surface area contributed by atoms with Gasteiger partial charge < -0.3 is 4.74 Å². The van der Waals surface area contributed by atoms with E-state index in [2.05, 4.69) is 30.9 Å². The first kappa shape index (κ1) is 16.5. The largest absolute Gasteiger partial charge is 0.493 e. The Bertz CT molecular complexity index is 505. The summed E-state index contributed by atoms with van der Waals surface area (Å²) in [6.07, 6.45) is 7.68. The van der Waals surface area contributed by atoms with E-state index < -0.39 is 10.0 Å². The first-order chi connectivity index (χ1) is 9.86. The average molecular weight is 314 g/mol. The highest BCUT2D eigenvalue weighted by atomic mass is 32.2. The van der Waals surface area contributed by atoms with Gasteiger partial charge in [0.1, 0.15) is 12.4 Å². The van der Waals surface area contributed by atoms with Crippen LogP contribution in [0.25, 0.3) is 0 Å². The zero-order valence-corrected chi connectivity index (χ0v) is 14.0. The highest BCUT2D eigenvalue weighted by Crippen LogP contribution is 2.22. The lowest BCUT2D eigenvalue weighted by Gasteiger charge is -2.33. The molecule has 0 spiro atoms. The van der Waals surface area contributed by atoms with Gasteiger partial charge in [0.15, 0.2) is 0 Å². The molecular weight excluding hydrogens is 288 g/mol. The molecule has 0 bridgehead atoms. The van der Waals surface area contributed by atoms with Gasteiger partial charge in [0.05, 0.1) is 6.26 Å². The van der Waals surface area contributed by atoms with E-state index in [1.54, 1.807) is 4.31 Å². The molecule has 1 saturated heterocycles. The number of allylic oxidation sites excluding steroid dienone is 3. The van der Waals surface area contributed by atoms with Crippen molar-refractivity contribution in [3.8, 4) is 0 Å². The molecule has 120 valence electrons. The van der Waals surface area contributed by atoms with E-state index in [1.807, 2.05) is 6.08 Å². The number of sulfonamides is 1. The van der Waals surface area contributed by atoms with Crippen molar-refractivity contribution in [3.05, 3.63) is 24.0 Å². The first-order valence-corrected chi connectivity index (χ1v) is 9.41. The van der Waals surface area contributed by atoms with Crippen molar-refractivity contribution < 1.29 is 13.2 Å². The summed E-state index contributed by atoms with van der Waals surface area (Å²) in [6, 6.07) is 0. The van der Waals surface area contributed by atoms with Gasteiger partial charge in [-0.05, 0) is 24.0 Å². The van der Waals surface area contributed by atoms with E-state index in [-0.39, 0.29) is 0 Å². The van der Waals surface area contributed by atoms with Crippen LogP contribution in [-0.4, -0.2) is 63.2 Å². The second-order valence-electron chi connectivity index (χ2n) is 6.00. The third-order valence-electron chi connectivity index (χ3n) is 4.30. The number of rotatable bonds is 5. The summed E-state index contributed by atoms with van der Waals surface area (Å²) in [7, 11) is -3.04. The van der Waals surface area contributed by atoms with Crippen LogP contribution >= 0.6 is 0 Å². The van der Waals surface area contributed by atoms with Gasteiger partial charge in [-0.15, -0.1) is 0 Å². The van der Waals surface area contributed by atoms with Gasteiger partial charge in [-0.1, -0.05) is 19.9 Å². The molecule has 0 aromatic heterocycles. The minimum Gasteiger partial charge on any atom is -0.493 e. The number of ether oxygens (including phenoxy) is 1. The predicted octanol–water partition coefficient (Wildman–Crippen LogP) is 1.31. The molecule has 0 aromatic rings. The normalized spacial score (nSPS) is 28.4. The quantitative estimate of drug-likeness (QED) is 0.768. The number of piperazine rings is 1. The van der Waals surface area contributed by atoms with Gasteiger partial charge >= 0.3 is 0 Å². The van der Waals surface area contributed by atoms with E-state index in [0.29, 0.717) is 31.5 Å². The minimum atomic E-state index is -3.04. The summed E-state index contributed by atoms with van der Waals surface area (Å²) in [4.78, 5) is 2.25. The van der Waals surface area contributed by atoms with Gasteiger partial charge in [-0.25, -0.2) is 8.42 Å². The summed E-state index contributed by atoms with van der Waals surface area (Å²) < 4.78 is 30.2. The molecule has 6 heteroatoms. The number of hydrogen-bond donors (Lipinski definition) is 0. The van der Waals surface area contributed by atoms with Crippen LogP contribution in [0.3, 0.4) is 0 Å². The molecule has 0 aromatic carbocycles. The first-order valence-electron chi connectivity index (χ1n) is 7.56. The molecule has 21 heavy (non-hydrogen) atoms. The van der Waals surface area contributed by atoms with E-state index in [1.165, 1.54) is 6.26 Å². The molecule has 0 saturated carbocycles. The van der Waals surface area contributed by atoms with Crippen LogP contribution in [0.4, 0.5) is 0 Å². The lowest BCUT2D eigenvalue weighted by atomic mass is 9.91. The molecule has 1 fully saturated rings. The van der Waals surface area contributed by atoms with E-state index >= 15 is 0 Å². The van der Waals surface area contributed by atoms with Crippen LogP contribution in [0, 0.1) is 11.8 Å². The van der Waals surface area contributed by atoms with Crippen molar-refractivity contribution in [1.29, 1.82) is 0 Å². The van der Waals surface area contributed by atoms with Crippen LogP contribution in [0.15, 0.2) is 24.0 Å². The van der Waals surface area contributed by atoms with Crippen LogP contribution < -0.4 is 0 Å². The summed E-state index contributed by atoms with van der Waals surface area (Å²) in [5.41, 5.74) is 0. The second kappa shape index (κ2) is 6.94. The Hall–Kier alpha value is -0.850. The molecule has 1 unspecified atom stereocenters. The summed E-state index contributed by atoms with van der Waals surface area (Å²) >= 11 is 0. The van der Waals surface area contributed by atoms with Crippen molar-refractivity contribution in [2.45, 2.75) is 13.8 Å². The van der Waals surface area contributed by atoms with Crippen molar-refractivity contribution in [2.75, 3.05) is 45.6 Å². The summed E-state index contributed by atoms with van der Waals surface area (Å²) in [6.45, 7) is 8.60. The number of nitrogens with zero attached hydrogens (tertiary/aromatic N) is 2. The van der Waals surface area contributed by atoms with Gasteiger partial charge in [0, 0.05) is 32.7 Å². The van der Waals surface area contributed by atoms with E-state index in [9.17, 15) is 8.42 Å². The Kier molecular flexibility index (Phi) is 5.46. The molecule has 1 heterocycles. The molecule has 5 nitrogen and oxygen atoms in total. The van der Waals surface area contributed by atoms with Crippen molar-refractivity contribution in [1.82, 2.24) is 9.21 Å². The molecule has 1 aliphatic carbocycles. The molecular formula is C15H26N2O3S. The molecule has 0 amide bonds. The Morgan fingerprint density at radius 2 is 1.86 bits per heavy atom. The van der Waals surface area contributed by atoms with Crippen molar-refractivity contribution in [2.24, 2.45) is 11.8 Å². The van der Waals surface area contributed by atoms with E-state index in [0.717, 1.165) is 25.4 Å². The molecule has 1 aliphatic heterocycles. The molecule has 0 N–H and O–H groups in total.